The summed E-state index contributed by atoms with van der Waals surface area (Å²) < 4.78 is 13.9. The Bertz CT molecular complexity index is 1140. The first-order valence-corrected chi connectivity index (χ1v) is 12.3. The molecule has 1 saturated carbocycles. The second kappa shape index (κ2) is 10.2. The van der Waals surface area contributed by atoms with E-state index in [1.807, 2.05) is 26.0 Å². The highest BCUT2D eigenvalue weighted by Gasteiger charge is 2.35. The number of nitrogens with zero attached hydrogens (tertiary/aromatic N) is 4. The van der Waals surface area contributed by atoms with Crippen molar-refractivity contribution in [2.24, 2.45) is 5.92 Å². The fraction of sp³-hybridized carbons (Fsp3) is 0.556. The van der Waals surface area contributed by atoms with Gasteiger partial charge in [0.25, 0.3) is 0 Å². The molecule has 34 heavy (non-hydrogen) atoms. The summed E-state index contributed by atoms with van der Waals surface area (Å²) in [7, 11) is 0. The molecule has 1 atom stereocenters. The van der Waals surface area contributed by atoms with Gasteiger partial charge in [-0.3, -0.25) is 4.79 Å². The number of hydrogen-bond acceptors (Lipinski definition) is 6. The van der Waals surface area contributed by atoms with E-state index in [1.165, 1.54) is 5.56 Å². The van der Waals surface area contributed by atoms with Crippen LogP contribution in [0.2, 0.25) is 0 Å². The second-order valence-corrected chi connectivity index (χ2v) is 10.3. The fourth-order valence-electron chi connectivity index (χ4n) is 4.37. The molecule has 0 aliphatic heterocycles. The first kappa shape index (κ1) is 24.3. The smallest absolute Gasteiger partial charge is 0.186 e. The molecule has 0 unspecified atom stereocenters. The molecule has 0 amide bonds. The average Bonchev–Trinajstić information content (AvgIpc) is 3.32. The maximum Gasteiger partial charge on any atom is 0.186 e. The van der Waals surface area contributed by atoms with Crippen molar-refractivity contribution in [3.63, 3.8) is 0 Å². The SMILES string of the molecule is Cc1ccc(CC(=O)C[C@H](OC(C)C)c2nnc(-c3cc(CC(C)C)on3)n2C2CC2)c(C)c1. The second-order valence-electron chi connectivity index (χ2n) is 10.3. The number of aryl methyl sites for hydroxylation is 2. The summed E-state index contributed by atoms with van der Waals surface area (Å²) in [5.41, 5.74) is 4.08. The molecule has 0 spiro atoms. The quantitative estimate of drug-likeness (QED) is 0.359. The molecule has 4 rings (SSSR count). The van der Waals surface area contributed by atoms with Crippen LogP contribution in [-0.4, -0.2) is 31.8 Å². The maximum atomic E-state index is 13.1. The first-order chi connectivity index (χ1) is 16.2. The molecule has 7 nitrogen and oxygen atoms in total. The Balaban J connectivity index is 1.60. The van der Waals surface area contributed by atoms with Crippen LogP contribution in [0.25, 0.3) is 11.5 Å². The zero-order valence-corrected chi connectivity index (χ0v) is 21.2. The van der Waals surface area contributed by atoms with E-state index in [9.17, 15) is 4.79 Å². The van der Waals surface area contributed by atoms with Gasteiger partial charge in [-0.25, -0.2) is 0 Å². The Morgan fingerprint density at radius 3 is 2.56 bits per heavy atom. The molecule has 1 aromatic carbocycles. The normalized spacial score (nSPS) is 14.8. The van der Waals surface area contributed by atoms with Gasteiger partial charge < -0.3 is 13.8 Å². The van der Waals surface area contributed by atoms with Crippen LogP contribution >= 0.6 is 0 Å². The first-order valence-electron chi connectivity index (χ1n) is 12.3. The van der Waals surface area contributed by atoms with Crippen LogP contribution in [0.1, 0.15) is 87.4 Å². The van der Waals surface area contributed by atoms with Crippen molar-refractivity contribution in [1.82, 2.24) is 19.9 Å². The summed E-state index contributed by atoms with van der Waals surface area (Å²) in [6, 6.07) is 8.48. The lowest BCUT2D eigenvalue weighted by Gasteiger charge is -2.21. The fourth-order valence-corrected chi connectivity index (χ4v) is 4.37. The molecule has 3 aromatic rings. The number of Topliss-reactive ketones (excluding diaryl/α,β-unsaturated/α-hetero) is 1. The van der Waals surface area contributed by atoms with Gasteiger partial charge in [0.2, 0.25) is 0 Å². The molecule has 7 heteroatoms. The molecular weight excluding hydrogens is 428 g/mol. The minimum atomic E-state index is -0.456. The van der Waals surface area contributed by atoms with E-state index in [0.717, 1.165) is 36.1 Å². The van der Waals surface area contributed by atoms with E-state index in [1.54, 1.807) is 0 Å². The van der Waals surface area contributed by atoms with Crippen molar-refractivity contribution in [2.75, 3.05) is 0 Å². The monoisotopic (exact) mass is 464 g/mol. The van der Waals surface area contributed by atoms with Crippen molar-refractivity contribution >= 4 is 5.78 Å². The van der Waals surface area contributed by atoms with E-state index < -0.39 is 6.10 Å². The van der Waals surface area contributed by atoms with Crippen molar-refractivity contribution in [1.29, 1.82) is 0 Å². The van der Waals surface area contributed by atoms with E-state index in [2.05, 4.69) is 59.7 Å². The third kappa shape index (κ3) is 5.81. The summed E-state index contributed by atoms with van der Waals surface area (Å²) in [6.45, 7) is 12.4. The molecule has 1 aliphatic rings. The number of rotatable bonds is 11. The number of ketones is 1. The number of aromatic nitrogens is 4. The number of carbonyl (C=O) groups excluding carboxylic acids is 1. The predicted molar refractivity (Wildman–Crippen MR) is 131 cm³/mol. The molecule has 1 fully saturated rings. The van der Waals surface area contributed by atoms with Crippen LogP contribution in [0, 0.1) is 19.8 Å². The van der Waals surface area contributed by atoms with Crippen LogP contribution in [-0.2, 0) is 22.4 Å². The summed E-state index contributed by atoms with van der Waals surface area (Å²) in [4.78, 5) is 13.1. The predicted octanol–water partition coefficient (Wildman–Crippen LogP) is 5.75. The lowest BCUT2D eigenvalue weighted by Crippen LogP contribution is -2.20. The van der Waals surface area contributed by atoms with Gasteiger partial charge in [0, 0.05) is 31.4 Å². The molecule has 2 aromatic heterocycles. The van der Waals surface area contributed by atoms with Crippen LogP contribution in [0.15, 0.2) is 28.8 Å². The van der Waals surface area contributed by atoms with E-state index in [-0.39, 0.29) is 18.3 Å². The van der Waals surface area contributed by atoms with Crippen molar-refractivity contribution in [3.05, 3.63) is 52.5 Å². The van der Waals surface area contributed by atoms with E-state index in [0.29, 0.717) is 35.7 Å². The zero-order chi connectivity index (χ0) is 24.4. The van der Waals surface area contributed by atoms with Gasteiger partial charge in [0.1, 0.15) is 17.6 Å². The molecule has 1 aliphatic carbocycles. The summed E-state index contributed by atoms with van der Waals surface area (Å²) in [5.74, 6) is 2.84. The molecule has 0 saturated heterocycles. The highest BCUT2D eigenvalue weighted by atomic mass is 16.5. The van der Waals surface area contributed by atoms with Gasteiger partial charge >= 0.3 is 0 Å². The van der Waals surface area contributed by atoms with Crippen LogP contribution < -0.4 is 0 Å². The molecule has 0 bridgehead atoms. The van der Waals surface area contributed by atoms with Crippen molar-refractivity contribution in [2.45, 2.75) is 91.9 Å². The van der Waals surface area contributed by atoms with E-state index in [4.69, 9.17) is 9.26 Å². The molecule has 0 N–H and O–H groups in total. The maximum absolute atomic E-state index is 13.1. The summed E-state index contributed by atoms with van der Waals surface area (Å²) in [6.07, 6.45) is 3.07. The number of benzene rings is 1. The topological polar surface area (TPSA) is 83.0 Å². The van der Waals surface area contributed by atoms with Crippen LogP contribution in [0.3, 0.4) is 0 Å². The lowest BCUT2D eigenvalue weighted by atomic mass is 9.98. The van der Waals surface area contributed by atoms with Gasteiger partial charge in [-0.05, 0) is 57.6 Å². The number of hydrogen-bond donors (Lipinski definition) is 0. The summed E-state index contributed by atoms with van der Waals surface area (Å²) in [5, 5.41) is 13.3. The van der Waals surface area contributed by atoms with Crippen LogP contribution in [0.4, 0.5) is 0 Å². The van der Waals surface area contributed by atoms with Gasteiger partial charge in [-0.1, -0.05) is 42.8 Å². The van der Waals surface area contributed by atoms with Crippen LogP contribution in [0.5, 0.6) is 0 Å². The molecular formula is C27H36N4O3. The van der Waals surface area contributed by atoms with Gasteiger partial charge in [0.15, 0.2) is 17.3 Å². The highest BCUT2D eigenvalue weighted by Crippen LogP contribution is 2.41. The third-order valence-electron chi connectivity index (χ3n) is 6.05. The van der Waals surface area contributed by atoms with E-state index >= 15 is 0 Å². The van der Waals surface area contributed by atoms with Gasteiger partial charge in [-0.15, -0.1) is 10.2 Å². The molecule has 2 heterocycles. The highest BCUT2D eigenvalue weighted by molar-refractivity contribution is 5.81. The number of carbonyl (C=O) groups is 1. The molecule has 182 valence electrons. The Morgan fingerprint density at radius 2 is 1.91 bits per heavy atom. The Labute approximate surface area is 201 Å². The molecule has 0 radical (unpaired) electrons. The zero-order valence-electron chi connectivity index (χ0n) is 21.2. The number of ether oxygens (including phenoxy) is 1. The van der Waals surface area contributed by atoms with Crippen molar-refractivity contribution < 1.29 is 14.1 Å². The minimum Gasteiger partial charge on any atom is -0.367 e. The third-order valence-corrected chi connectivity index (χ3v) is 6.05. The summed E-state index contributed by atoms with van der Waals surface area (Å²) >= 11 is 0. The van der Waals surface area contributed by atoms with Crippen molar-refractivity contribution in [3.8, 4) is 11.5 Å². The Kier molecular flexibility index (Phi) is 7.31. The Hall–Kier alpha value is -2.80. The van der Waals surface area contributed by atoms with Gasteiger partial charge in [-0.2, -0.15) is 0 Å². The standard InChI is InChI=1S/C27H36N4O3/c1-16(2)11-23-15-24(30-34-23)26-28-29-27(31(26)21-9-10-21)25(33-17(3)4)14-22(32)13-20-8-7-18(5)12-19(20)6/h7-8,12,15-17,21,25H,9-11,13-14H2,1-6H3/t25-/m0/s1. The Morgan fingerprint density at radius 1 is 1.15 bits per heavy atom. The average molecular weight is 465 g/mol. The van der Waals surface area contributed by atoms with Gasteiger partial charge in [0.05, 0.1) is 6.10 Å². The largest absolute Gasteiger partial charge is 0.367 e. The lowest BCUT2D eigenvalue weighted by molar-refractivity contribution is -0.122. The minimum absolute atomic E-state index is 0.0450.